The average Bonchev–Trinajstić information content (AvgIpc) is 2.87. The molecule has 0 aliphatic rings. The molecular weight excluding hydrogens is 478 g/mol. The molecule has 0 radical (unpaired) electrons. The number of primary amides is 1. The molecule has 198 valence electrons. The summed E-state index contributed by atoms with van der Waals surface area (Å²) in [6, 6.07) is 7.91. The van der Waals surface area contributed by atoms with E-state index in [0.29, 0.717) is 17.5 Å². The number of nitrogens with two attached hydrogens (primary N) is 4. The summed E-state index contributed by atoms with van der Waals surface area (Å²) < 4.78 is 0. The fourth-order valence-electron chi connectivity index (χ4n) is 3.53. The van der Waals surface area contributed by atoms with Crippen LogP contribution in [0.1, 0.15) is 35.4 Å². The van der Waals surface area contributed by atoms with Crippen molar-refractivity contribution >= 4 is 29.5 Å². The van der Waals surface area contributed by atoms with Crippen LogP contribution in [0.4, 0.5) is 0 Å². The number of aliphatic imine (C=N–C) groups is 1. The Bertz CT molecular complexity index is 1100. The van der Waals surface area contributed by atoms with Gasteiger partial charge in [0.05, 0.1) is 12.5 Å². The average molecular weight is 512 g/mol. The number of nitrogens with one attached hydrogen (secondary N) is 3. The molecule has 13 nitrogen and oxygen atoms in total. The maximum Gasteiger partial charge on any atom is 0.245 e. The number of nitrogen functional groups attached to an aromatic ring is 1. The zero-order chi connectivity index (χ0) is 27.4. The van der Waals surface area contributed by atoms with Crippen molar-refractivity contribution in [3.8, 4) is 0 Å². The fraction of sp³-hybridized carbons (Fsp3) is 0.333. The van der Waals surface area contributed by atoms with E-state index < -0.39 is 42.3 Å². The number of aliphatic hydroxyl groups excluding tert-OH is 1. The second-order valence-electron chi connectivity index (χ2n) is 8.31. The molecule has 0 aliphatic heterocycles. The first-order valence-corrected chi connectivity index (χ1v) is 11.5. The summed E-state index contributed by atoms with van der Waals surface area (Å²) in [5, 5.41) is 22.4. The quantitative estimate of drug-likeness (QED) is 0.0813. The molecule has 13 heteroatoms. The van der Waals surface area contributed by atoms with Crippen LogP contribution in [-0.2, 0) is 20.8 Å². The molecule has 0 fully saturated rings. The Morgan fingerprint density at radius 2 is 1.68 bits per heavy atom. The molecule has 12 N–H and O–H groups in total. The molecule has 1 aromatic heterocycles. The Morgan fingerprint density at radius 3 is 2.22 bits per heavy atom. The lowest BCUT2D eigenvalue weighted by atomic mass is 9.91. The lowest BCUT2D eigenvalue weighted by molar-refractivity contribution is -0.132. The number of benzene rings is 1. The first-order valence-electron chi connectivity index (χ1n) is 11.5. The monoisotopic (exact) mass is 511 g/mol. The first kappa shape index (κ1) is 28.7. The minimum absolute atomic E-state index is 0.0737. The Kier molecular flexibility index (Phi) is 11.0. The minimum Gasteiger partial charge on any atom is -0.394 e. The van der Waals surface area contributed by atoms with Gasteiger partial charge in [0.1, 0.15) is 17.9 Å². The van der Waals surface area contributed by atoms with Gasteiger partial charge in [0.25, 0.3) is 0 Å². The van der Waals surface area contributed by atoms with Crippen molar-refractivity contribution in [3.05, 3.63) is 65.5 Å². The maximum absolute atomic E-state index is 13.3. The second kappa shape index (κ2) is 14.1. The molecule has 0 saturated heterocycles. The molecule has 0 bridgehead atoms. The van der Waals surface area contributed by atoms with Gasteiger partial charge in [-0.1, -0.05) is 30.3 Å². The van der Waals surface area contributed by atoms with Gasteiger partial charge in [-0.2, -0.15) is 0 Å². The Labute approximate surface area is 214 Å². The summed E-state index contributed by atoms with van der Waals surface area (Å²) >= 11 is 0. The highest BCUT2D eigenvalue weighted by Gasteiger charge is 2.29. The highest BCUT2D eigenvalue weighted by atomic mass is 16.3. The van der Waals surface area contributed by atoms with Crippen LogP contribution in [0, 0.1) is 5.41 Å². The molecule has 37 heavy (non-hydrogen) atoms. The van der Waals surface area contributed by atoms with Gasteiger partial charge in [0, 0.05) is 24.5 Å². The van der Waals surface area contributed by atoms with Gasteiger partial charge in [-0.15, -0.1) is 0 Å². The number of carbonyl (C=O) groups excluding carboxylic acids is 3. The summed E-state index contributed by atoms with van der Waals surface area (Å²) in [5.41, 5.74) is 23.4. The summed E-state index contributed by atoms with van der Waals surface area (Å²) in [6.45, 7) is -0.466. The molecule has 2 aromatic rings. The first-order chi connectivity index (χ1) is 17.6. The summed E-state index contributed by atoms with van der Waals surface area (Å²) in [7, 11) is 0. The van der Waals surface area contributed by atoms with Crippen LogP contribution in [0.25, 0.3) is 0 Å². The molecule has 1 unspecified atom stereocenters. The van der Waals surface area contributed by atoms with Crippen molar-refractivity contribution in [2.75, 3.05) is 13.2 Å². The predicted molar refractivity (Wildman–Crippen MR) is 138 cm³/mol. The van der Waals surface area contributed by atoms with E-state index >= 15 is 0 Å². The summed E-state index contributed by atoms with van der Waals surface area (Å²) in [5.74, 6) is -2.98. The normalized spacial score (nSPS) is 13.0. The van der Waals surface area contributed by atoms with Crippen LogP contribution in [0.5, 0.6) is 0 Å². The number of aliphatic hydroxyl groups is 1. The number of hydrogen-bond donors (Lipinski definition) is 8. The summed E-state index contributed by atoms with van der Waals surface area (Å²) in [4.78, 5) is 45.7. The highest BCUT2D eigenvalue weighted by Crippen LogP contribution is 2.21. The number of hydrogen-bond acceptors (Lipinski definition) is 7. The van der Waals surface area contributed by atoms with E-state index in [1.165, 1.54) is 0 Å². The minimum atomic E-state index is -1.33. The molecular formula is C24H33N9O4. The number of pyridine rings is 1. The Morgan fingerprint density at radius 1 is 1.00 bits per heavy atom. The van der Waals surface area contributed by atoms with Gasteiger partial charge in [0.15, 0.2) is 5.96 Å². The highest BCUT2D eigenvalue weighted by molar-refractivity contribution is 5.95. The topological polar surface area (TPSA) is 249 Å². The van der Waals surface area contributed by atoms with Crippen molar-refractivity contribution in [3.63, 3.8) is 0 Å². The van der Waals surface area contributed by atoms with Gasteiger partial charge in [-0.05, 0) is 36.5 Å². The van der Waals surface area contributed by atoms with E-state index in [1.807, 2.05) is 0 Å². The molecule has 1 aromatic carbocycles. The molecule has 0 saturated carbocycles. The predicted octanol–water partition coefficient (Wildman–Crippen LogP) is -1.81. The number of nitrogens with zero attached hydrogens (tertiary/aromatic N) is 2. The largest absolute Gasteiger partial charge is 0.394 e. The summed E-state index contributed by atoms with van der Waals surface area (Å²) in [6.07, 6.45) is 3.90. The number of amides is 3. The zero-order valence-electron chi connectivity index (χ0n) is 20.3. The third-order valence-corrected chi connectivity index (χ3v) is 5.53. The van der Waals surface area contributed by atoms with Crippen molar-refractivity contribution in [2.45, 2.75) is 37.3 Å². The van der Waals surface area contributed by atoms with Crippen LogP contribution in [0.2, 0.25) is 0 Å². The van der Waals surface area contributed by atoms with Crippen LogP contribution < -0.4 is 33.6 Å². The zero-order valence-corrected chi connectivity index (χ0v) is 20.3. The molecule has 1 heterocycles. The maximum atomic E-state index is 13.3. The molecule has 0 aliphatic carbocycles. The Hall–Kier alpha value is -4.52. The molecule has 0 spiro atoms. The Balaban J connectivity index is 2.13. The van der Waals surface area contributed by atoms with Gasteiger partial charge in [-0.25, -0.2) is 0 Å². The van der Waals surface area contributed by atoms with Gasteiger partial charge in [0.2, 0.25) is 17.7 Å². The van der Waals surface area contributed by atoms with Gasteiger partial charge in [-0.3, -0.25) is 29.8 Å². The van der Waals surface area contributed by atoms with E-state index in [9.17, 15) is 19.5 Å². The van der Waals surface area contributed by atoms with Crippen LogP contribution in [0.3, 0.4) is 0 Å². The van der Waals surface area contributed by atoms with Crippen LogP contribution in [0.15, 0.2) is 53.8 Å². The standard InChI is InChI=1S/C24H33N9O4/c25-20(26)15-7-5-14(6-8-15)11-17(16-3-1-9-30-12-16)22(36)33-19(13-34)23(37)32-18(21(27)35)4-2-10-31-24(28)29/h1,3,5-9,12,17-19,34H,2,4,10-11,13H2,(H3,25,26)(H2,27,35)(H,32,37)(H,33,36)(H4,28,29,31)/t17?,18-,19-/m0/s1. The molecule has 2 rings (SSSR count). The lowest BCUT2D eigenvalue weighted by Crippen LogP contribution is -2.55. The second-order valence-corrected chi connectivity index (χ2v) is 8.31. The third-order valence-electron chi connectivity index (χ3n) is 5.53. The van der Waals surface area contributed by atoms with Crippen molar-refractivity contribution < 1.29 is 19.5 Å². The van der Waals surface area contributed by atoms with E-state index in [-0.39, 0.29) is 31.2 Å². The molecule has 3 atom stereocenters. The number of aromatic nitrogens is 1. The van der Waals surface area contributed by atoms with Gasteiger partial charge >= 0.3 is 0 Å². The van der Waals surface area contributed by atoms with Crippen molar-refractivity contribution in [1.29, 1.82) is 5.41 Å². The third kappa shape index (κ3) is 9.22. The van der Waals surface area contributed by atoms with E-state index in [2.05, 4.69) is 20.6 Å². The van der Waals surface area contributed by atoms with E-state index in [1.54, 1.807) is 48.8 Å². The van der Waals surface area contributed by atoms with Crippen molar-refractivity contribution in [1.82, 2.24) is 15.6 Å². The van der Waals surface area contributed by atoms with Gasteiger partial charge < -0.3 is 38.7 Å². The number of guanidine groups is 1. The smallest absolute Gasteiger partial charge is 0.245 e. The number of carbonyl (C=O) groups is 3. The number of amidine groups is 1. The van der Waals surface area contributed by atoms with Crippen LogP contribution in [-0.4, -0.2) is 64.8 Å². The van der Waals surface area contributed by atoms with Crippen molar-refractivity contribution in [2.24, 2.45) is 27.9 Å². The fourth-order valence-corrected chi connectivity index (χ4v) is 3.53. The SMILES string of the molecule is N=C(N)c1ccc(CC(C(=O)N[C@@H](CO)C(=O)N[C@@H](CCCN=C(N)N)C(N)=O)c2cccnc2)cc1. The number of rotatable bonds is 14. The van der Waals surface area contributed by atoms with Crippen LogP contribution >= 0.6 is 0 Å². The van der Waals surface area contributed by atoms with E-state index in [4.69, 9.17) is 28.3 Å². The lowest BCUT2D eigenvalue weighted by Gasteiger charge is -2.23. The van der Waals surface area contributed by atoms with E-state index in [0.717, 1.165) is 5.56 Å². The molecule has 3 amide bonds.